The first-order valence-electron chi connectivity index (χ1n) is 11.3. The summed E-state index contributed by atoms with van der Waals surface area (Å²) in [7, 11) is 0. The van der Waals surface area contributed by atoms with Crippen molar-refractivity contribution in [3.8, 4) is 5.69 Å². The Balaban J connectivity index is 1.72. The summed E-state index contributed by atoms with van der Waals surface area (Å²) in [5.41, 5.74) is 7.48. The highest BCUT2D eigenvalue weighted by Gasteiger charge is 2.22. The van der Waals surface area contributed by atoms with Crippen molar-refractivity contribution in [2.75, 3.05) is 0 Å². The minimum atomic E-state index is -0.168. The quantitative estimate of drug-likeness (QED) is 0.360. The van der Waals surface area contributed by atoms with Gasteiger partial charge in [-0.05, 0) is 61.7 Å². The third-order valence-corrected chi connectivity index (χ3v) is 6.64. The highest BCUT2D eigenvalue weighted by Crippen LogP contribution is 2.29. The van der Waals surface area contributed by atoms with Crippen LogP contribution >= 0.6 is 0 Å². The molecule has 166 valence electrons. The minimum absolute atomic E-state index is 0.126. The van der Waals surface area contributed by atoms with Gasteiger partial charge in [0.1, 0.15) is 17.2 Å². The van der Waals surface area contributed by atoms with Gasteiger partial charge in [0.25, 0.3) is 5.56 Å². The molecule has 0 amide bonds. The second-order valence-electron chi connectivity index (χ2n) is 8.73. The standard InChI is InChI=1S/C28H23N5O/c1-17-13-14-21(15-18(17)2)33-26-24(25-27(33)31-23-12-8-7-11-22(23)30-25)28(34)32(16-29-26)19(3)20-9-5-4-6-10-20/h4-16,19H,1-3H3/t19-/m1/s1. The lowest BCUT2D eigenvalue weighted by molar-refractivity contribution is 0.608. The molecule has 3 aromatic carbocycles. The van der Waals surface area contributed by atoms with Crippen LogP contribution in [0, 0.1) is 13.8 Å². The van der Waals surface area contributed by atoms with E-state index in [1.807, 2.05) is 72.2 Å². The van der Waals surface area contributed by atoms with Crippen molar-refractivity contribution in [3.05, 3.63) is 106 Å². The third-order valence-electron chi connectivity index (χ3n) is 6.64. The molecule has 0 fully saturated rings. The van der Waals surface area contributed by atoms with E-state index in [-0.39, 0.29) is 11.6 Å². The van der Waals surface area contributed by atoms with Gasteiger partial charge in [-0.15, -0.1) is 0 Å². The van der Waals surface area contributed by atoms with Crippen molar-refractivity contribution in [3.63, 3.8) is 0 Å². The zero-order valence-electron chi connectivity index (χ0n) is 19.2. The van der Waals surface area contributed by atoms with Crippen molar-refractivity contribution in [1.82, 2.24) is 24.1 Å². The fraction of sp³-hybridized carbons (Fsp3) is 0.143. The molecule has 0 aliphatic heterocycles. The average molecular weight is 446 g/mol. The number of hydrogen-bond acceptors (Lipinski definition) is 4. The number of fused-ring (bicyclic) bond motifs is 4. The van der Waals surface area contributed by atoms with Gasteiger partial charge in [-0.3, -0.25) is 13.9 Å². The fourth-order valence-electron chi connectivity index (χ4n) is 4.53. The van der Waals surface area contributed by atoms with E-state index in [0.717, 1.165) is 27.8 Å². The van der Waals surface area contributed by atoms with E-state index in [1.54, 1.807) is 10.9 Å². The van der Waals surface area contributed by atoms with Crippen LogP contribution in [0.1, 0.15) is 29.7 Å². The molecule has 0 saturated carbocycles. The molecule has 1 atom stereocenters. The second kappa shape index (κ2) is 7.63. The van der Waals surface area contributed by atoms with Gasteiger partial charge >= 0.3 is 0 Å². The molecule has 0 radical (unpaired) electrons. The molecule has 3 aromatic heterocycles. The van der Waals surface area contributed by atoms with Crippen LogP contribution in [0.5, 0.6) is 0 Å². The molecule has 0 bridgehead atoms. The third kappa shape index (κ3) is 3.03. The van der Waals surface area contributed by atoms with Crippen LogP contribution in [-0.2, 0) is 0 Å². The molecule has 6 aromatic rings. The predicted molar refractivity (Wildman–Crippen MR) is 136 cm³/mol. The SMILES string of the molecule is Cc1ccc(-n2c3nc4ccccc4nc3c3c(=O)n([C@H](C)c4ccccc4)cnc32)cc1C. The van der Waals surface area contributed by atoms with Crippen LogP contribution < -0.4 is 5.56 Å². The van der Waals surface area contributed by atoms with Crippen molar-refractivity contribution in [2.45, 2.75) is 26.8 Å². The molecule has 3 heterocycles. The van der Waals surface area contributed by atoms with E-state index in [2.05, 4.69) is 26.0 Å². The van der Waals surface area contributed by atoms with Crippen LogP contribution in [0.25, 0.3) is 38.9 Å². The van der Waals surface area contributed by atoms with Crippen molar-refractivity contribution in [1.29, 1.82) is 0 Å². The molecular weight excluding hydrogens is 422 g/mol. The number of benzene rings is 3. The van der Waals surface area contributed by atoms with E-state index in [0.29, 0.717) is 22.2 Å². The van der Waals surface area contributed by atoms with E-state index >= 15 is 0 Å². The summed E-state index contributed by atoms with van der Waals surface area (Å²) in [6.07, 6.45) is 1.64. The van der Waals surface area contributed by atoms with Gasteiger partial charge in [0.2, 0.25) is 0 Å². The Morgan fingerprint density at radius 1 is 0.794 bits per heavy atom. The number of aryl methyl sites for hydroxylation is 2. The molecule has 0 aliphatic carbocycles. The maximum Gasteiger partial charge on any atom is 0.265 e. The van der Waals surface area contributed by atoms with Crippen LogP contribution in [0.2, 0.25) is 0 Å². The summed E-state index contributed by atoms with van der Waals surface area (Å²) in [6, 6.07) is 23.8. The largest absolute Gasteiger partial charge is 0.291 e. The fourth-order valence-corrected chi connectivity index (χ4v) is 4.53. The highest BCUT2D eigenvalue weighted by atomic mass is 16.1. The van der Waals surface area contributed by atoms with E-state index < -0.39 is 0 Å². The average Bonchev–Trinajstić information content (AvgIpc) is 3.18. The lowest BCUT2D eigenvalue weighted by Crippen LogP contribution is -2.24. The zero-order valence-corrected chi connectivity index (χ0v) is 19.2. The smallest absolute Gasteiger partial charge is 0.265 e. The zero-order chi connectivity index (χ0) is 23.4. The van der Waals surface area contributed by atoms with Crippen LogP contribution in [0.3, 0.4) is 0 Å². The monoisotopic (exact) mass is 445 g/mol. The molecule has 6 heteroatoms. The molecule has 0 N–H and O–H groups in total. The molecule has 6 nitrogen and oxygen atoms in total. The summed E-state index contributed by atoms with van der Waals surface area (Å²) in [6.45, 7) is 6.17. The van der Waals surface area contributed by atoms with Gasteiger partial charge in [-0.25, -0.2) is 15.0 Å². The second-order valence-corrected chi connectivity index (χ2v) is 8.73. The number of aromatic nitrogens is 5. The van der Waals surface area contributed by atoms with Gasteiger partial charge in [0.05, 0.1) is 17.1 Å². The van der Waals surface area contributed by atoms with Gasteiger partial charge in [-0.1, -0.05) is 48.5 Å². The van der Waals surface area contributed by atoms with Crippen molar-refractivity contribution in [2.24, 2.45) is 0 Å². The van der Waals surface area contributed by atoms with Gasteiger partial charge in [-0.2, -0.15) is 0 Å². The molecule has 6 rings (SSSR count). The Morgan fingerprint density at radius 2 is 1.50 bits per heavy atom. The molecule has 0 spiro atoms. The first kappa shape index (κ1) is 20.3. The molecule has 0 unspecified atom stereocenters. The number of nitrogens with zero attached hydrogens (tertiary/aromatic N) is 5. The highest BCUT2D eigenvalue weighted by molar-refractivity contribution is 6.05. The summed E-state index contributed by atoms with van der Waals surface area (Å²) in [4.78, 5) is 28.5. The summed E-state index contributed by atoms with van der Waals surface area (Å²) in [5.74, 6) is 0. The Hall–Kier alpha value is -4.32. The Morgan fingerprint density at radius 3 is 2.24 bits per heavy atom. The summed E-state index contributed by atoms with van der Waals surface area (Å²) >= 11 is 0. The normalized spacial score (nSPS) is 12.6. The summed E-state index contributed by atoms with van der Waals surface area (Å²) in [5, 5.41) is 0.483. The van der Waals surface area contributed by atoms with Gasteiger partial charge < -0.3 is 0 Å². The molecular formula is C28H23N5O. The maximum atomic E-state index is 13.9. The number of para-hydroxylation sites is 2. The van der Waals surface area contributed by atoms with Crippen LogP contribution in [0.4, 0.5) is 0 Å². The summed E-state index contributed by atoms with van der Waals surface area (Å²) < 4.78 is 3.63. The van der Waals surface area contributed by atoms with Crippen molar-refractivity contribution < 1.29 is 0 Å². The first-order chi connectivity index (χ1) is 16.5. The van der Waals surface area contributed by atoms with E-state index in [4.69, 9.17) is 15.0 Å². The Bertz CT molecular complexity index is 1770. The molecule has 0 aliphatic rings. The Labute approximate surface area is 196 Å². The van der Waals surface area contributed by atoms with E-state index in [9.17, 15) is 4.79 Å². The maximum absolute atomic E-state index is 13.9. The van der Waals surface area contributed by atoms with Crippen LogP contribution in [0.15, 0.2) is 83.9 Å². The van der Waals surface area contributed by atoms with Gasteiger partial charge in [0, 0.05) is 5.69 Å². The molecule has 0 saturated heterocycles. The Kier molecular flexibility index (Phi) is 4.55. The first-order valence-corrected chi connectivity index (χ1v) is 11.3. The topological polar surface area (TPSA) is 65.6 Å². The van der Waals surface area contributed by atoms with Crippen molar-refractivity contribution >= 4 is 33.2 Å². The van der Waals surface area contributed by atoms with E-state index in [1.165, 1.54) is 5.56 Å². The van der Waals surface area contributed by atoms with Gasteiger partial charge in [0.15, 0.2) is 11.3 Å². The van der Waals surface area contributed by atoms with Crippen LogP contribution in [-0.4, -0.2) is 24.1 Å². The lowest BCUT2D eigenvalue weighted by Gasteiger charge is -2.15. The minimum Gasteiger partial charge on any atom is -0.291 e. The number of hydrogen-bond donors (Lipinski definition) is 0. The predicted octanol–water partition coefficient (Wildman–Crippen LogP) is 5.51. The molecule has 34 heavy (non-hydrogen) atoms. The number of rotatable bonds is 3. The lowest BCUT2D eigenvalue weighted by atomic mass is 10.1.